The summed E-state index contributed by atoms with van der Waals surface area (Å²) < 4.78 is 47.0. The second-order valence-electron chi connectivity index (χ2n) is 5.10. The molecule has 0 spiro atoms. The van der Waals surface area contributed by atoms with E-state index in [1.54, 1.807) is 6.92 Å². The molecule has 0 aliphatic heterocycles. The van der Waals surface area contributed by atoms with Gasteiger partial charge in [-0.05, 0) is 12.3 Å². The van der Waals surface area contributed by atoms with Crippen LogP contribution in [0.15, 0.2) is 0 Å². The fraction of sp³-hybridized carbons (Fsp3) is 1.00. The third-order valence-corrected chi connectivity index (χ3v) is 9.20. The molecular formula is C13H28O4S2. The molecule has 6 heteroatoms. The molecule has 0 aromatic heterocycles. The van der Waals surface area contributed by atoms with E-state index >= 15 is 0 Å². The molecule has 0 unspecified atom stereocenters. The Morgan fingerprint density at radius 1 is 0.789 bits per heavy atom. The van der Waals surface area contributed by atoms with Gasteiger partial charge in [0, 0.05) is 11.5 Å². The van der Waals surface area contributed by atoms with Gasteiger partial charge in [-0.2, -0.15) is 0 Å². The summed E-state index contributed by atoms with van der Waals surface area (Å²) in [6.45, 7) is 6.88. The molecule has 0 radical (unpaired) electrons. The molecule has 0 aliphatic rings. The molecule has 0 rings (SSSR count). The van der Waals surface area contributed by atoms with Gasteiger partial charge < -0.3 is 0 Å². The SMILES string of the molecule is CCCCCC[C@@H](C)C(S(=O)(=O)CC)S(=O)(=O)CC. The Hall–Kier alpha value is -0.100. The van der Waals surface area contributed by atoms with Crippen molar-refractivity contribution in [3.8, 4) is 0 Å². The van der Waals surface area contributed by atoms with Gasteiger partial charge in [-0.3, -0.25) is 0 Å². The topological polar surface area (TPSA) is 68.3 Å². The minimum atomic E-state index is -3.56. The van der Waals surface area contributed by atoms with Crippen LogP contribution in [-0.4, -0.2) is 32.9 Å². The molecule has 116 valence electrons. The van der Waals surface area contributed by atoms with Crippen molar-refractivity contribution in [2.75, 3.05) is 11.5 Å². The average Bonchev–Trinajstić information content (AvgIpc) is 2.34. The van der Waals surface area contributed by atoms with E-state index in [-0.39, 0.29) is 17.4 Å². The number of unbranched alkanes of at least 4 members (excludes halogenated alkanes) is 3. The normalized spacial score (nSPS) is 14.8. The van der Waals surface area contributed by atoms with Crippen molar-refractivity contribution < 1.29 is 16.8 Å². The van der Waals surface area contributed by atoms with Crippen LogP contribution < -0.4 is 0 Å². The molecule has 0 saturated heterocycles. The number of hydrogen-bond acceptors (Lipinski definition) is 4. The first-order chi connectivity index (χ1) is 8.72. The van der Waals surface area contributed by atoms with Crippen molar-refractivity contribution in [2.24, 2.45) is 5.92 Å². The van der Waals surface area contributed by atoms with Crippen molar-refractivity contribution in [2.45, 2.75) is 64.4 Å². The standard InChI is InChI=1S/C13H28O4S2/c1-5-8-9-10-11-12(4)13(18(14,15)6-2)19(16,17)7-3/h12-13H,5-11H2,1-4H3/t12-/m1/s1. The van der Waals surface area contributed by atoms with E-state index in [1.165, 1.54) is 13.8 Å². The molecule has 0 aromatic carbocycles. The molecule has 0 bridgehead atoms. The lowest BCUT2D eigenvalue weighted by Crippen LogP contribution is -2.38. The molecule has 0 N–H and O–H groups in total. The number of sulfone groups is 2. The van der Waals surface area contributed by atoms with Crippen LogP contribution in [0.3, 0.4) is 0 Å². The summed E-state index contributed by atoms with van der Waals surface area (Å²) in [5.74, 6) is -0.557. The maximum absolute atomic E-state index is 12.1. The Kier molecular flexibility index (Phi) is 8.20. The zero-order chi connectivity index (χ0) is 15.1. The smallest absolute Gasteiger partial charge is 0.167 e. The van der Waals surface area contributed by atoms with Gasteiger partial charge in [0.2, 0.25) is 0 Å². The van der Waals surface area contributed by atoms with Crippen molar-refractivity contribution in [1.29, 1.82) is 0 Å². The van der Waals surface area contributed by atoms with Crippen molar-refractivity contribution in [1.82, 2.24) is 0 Å². The van der Waals surface area contributed by atoms with E-state index in [1.807, 2.05) is 0 Å². The average molecular weight is 312 g/mol. The van der Waals surface area contributed by atoms with Gasteiger partial charge in [0.05, 0.1) is 0 Å². The van der Waals surface area contributed by atoms with Gasteiger partial charge >= 0.3 is 0 Å². The van der Waals surface area contributed by atoms with Crippen molar-refractivity contribution in [3.63, 3.8) is 0 Å². The highest BCUT2D eigenvalue weighted by atomic mass is 32.3. The van der Waals surface area contributed by atoms with Gasteiger partial charge in [-0.25, -0.2) is 16.8 Å². The third kappa shape index (κ3) is 5.81. The summed E-state index contributed by atoms with van der Waals surface area (Å²) in [6, 6.07) is 0. The fourth-order valence-corrected chi connectivity index (χ4v) is 7.24. The summed E-state index contributed by atoms with van der Waals surface area (Å²) in [4.78, 5) is 0. The quantitative estimate of drug-likeness (QED) is 0.582. The Balaban J connectivity index is 4.97. The van der Waals surface area contributed by atoms with Gasteiger partial charge in [0.1, 0.15) is 0 Å². The van der Waals surface area contributed by atoms with E-state index in [0.717, 1.165) is 25.7 Å². The van der Waals surface area contributed by atoms with Crippen LogP contribution in [0.25, 0.3) is 0 Å². The second kappa shape index (κ2) is 8.25. The Morgan fingerprint density at radius 3 is 1.63 bits per heavy atom. The molecule has 0 aromatic rings. The minimum Gasteiger partial charge on any atom is -0.227 e. The summed E-state index contributed by atoms with van der Waals surface area (Å²) in [7, 11) is -7.12. The van der Waals surface area contributed by atoms with Gasteiger partial charge in [-0.1, -0.05) is 53.4 Å². The summed E-state index contributed by atoms with van der Waals surface area (Å²) in [5.41, 5.74) is 0. The largest absolute Gasteiger partial charge is 0.227 e. The van der Waals surface area contributed by atoms with Crippen LogP contribution in [0, 0.1) is 5.92 Å². The zero-order valence-corrected chi connectivity index (χ0v) is 14.2. The molecule has 4 nitrogen and oxygen atoms in total. The lowest BCUT2D eigenvalue weighted by molar-refractivity contribution is 0.483. The van der Waals surface area contributed by atoms with Crippen LogP contribution in [0.1, 0.15) is 59.8 Å². The van der Waals surface area contributed by atoms with Crippen LogP contribution in [0.2, 0.25) is 0 Å². The lowest BCUT2D eigenvalue weighted by Gasteiger charge is -2.23. The first-order valence-electron chi connectivity index (χ1n) is 7.16. The molecule has 0 saturated carbocycles. The van der Waals surface area contributed by atoms with Gasteiger partial charge in [0.15, 0.2) is 24.3 Å². The maximum Gasteiger partial charge on any atom is 0.167 e. The highest BCUT2D eigenvalue weighted by Crippen LogP contribution is 2.25. The monoisotopic (exact) mass is 312 g/mol. The maximum atomic E-state index is 12.1. The highest BCUT2D eigenvalue weighted by molar-refractivity contribution is 8.09. The molecule has 0 amide bonds. The highest BCUT2D eigenvalue weighted by Gasteiger charge is 2.39. The van der Waals surface area contributed by atoms with Crippen LogP contribution in [0.5, 0.6) is 0 Å². The molecule has 1 atom stereocenters. The Labute approximate surface area is 118 Å². The van der Waals surface area contributed by atoms with E-state index in [2.05, 4.69) is 6.92 Å². The Bertz CT molecular complexity index is 403. The predicted molar refractivity (Wildman–Crippen MR) is 80.6 cm³/mol. The van der Waals surface area contributed by atoms with E-state index < -0.39 is 24.3 Å². The number of hydrogen-bond donors (Lipinski definition) is 0. The van der Waals surface area contributed by atoms with Crippen LogP contribution >= 0.6 is 0 Å². The minimum absolute atomic E-state index is 0.115. The summed E-state index contributed by atoms with van der Waals surface area (Å²) in [5, 5.41) is 0. The molecule has 0 aliphatic carbocycles. The summed E-state index contributed by atoms with van der Waals surface area (Å²) >= 11 is 0. The molecule has 0 fully saturated rings. The van der Waals surface area contributed by atoms with E-state index in [0.29, 0.717) is 6.42 Å². The van der Waals surface area contributed by atoms with E-state index in [4.69, 9.17) is 0 Å². The fourth-order valence-electron chi connectivity index (χ4n) is 2.29. The van der Waals surface area contributed by atoms with Gasteiger partial charge in [-0.15, -0.1) is 0 Å². The van der Waals surface area contributed by atoms with E-state index in [9.17, 15) is 16.8 Å². The number of rotatable bonds is 10. The van der Waals surface area contributed by atoms with Crippen LogP contribution in [0.4, 0.5) is 0 Å². The third-order valence-electron chi connectivity index (χ3n) is 3.49. The zero-order valence-electron chi connectivity index (χ0n) is 12.6. The molecule has 0 heterocycles. The first kappa shape index (κ1) is 18.9. The van der Waals surface area contributed by atoms with Crippen LogP contribution in [-0.2, 0) is 19.7 Å². The molecule has 19 heavy (non-hydrogen) atoms. The Morgan fingerprint density at radius 2 is 1.26 bits per heavy atom. The van der Waals surface area contributed by atoms with Crippen molar-refractivity contribution >= 4 is 19.7 Å². The summed E-state index contributed by atoms with van der Waals surface area (Å²) in [6.07, 6.45) is 4.80. The second-order valence-corrected chi connectivity index (χ2v) is 10.2. The van der Waals surface area contributed by atoms with Gasteiger partial charge in [0.25, 0.3) is 0 Å². The first-order valence-corrected chi connectivity index (χ1v) is 10.6. The predicted octanol–water partition coefficient (Wildman–Crippen LogP) is 2.79. The molecular weight excluding hydrogens is 284 g/mol. The lowest BCUT2D eigenvalue weighted by atomic mass is 10.0. The van der Waals surface area contributed by atoms with Crippen molar-refractivity contribution in [3.05, 3.63) is 0 Å².